The second-order valence-electron chi connectivity index (χ2n) is 5.04. The topological polar surface area (TPSA) is 72.0 Å². The summed E-state index contributed by atoms with van der Waals surface area (Å²) in [7, 11) is -3.46. The van der Waals surface area contributed by atoms with Gasteiger partial charge in [0.1, 0.15) is 5.82 Å². The number of nitrogens with zero attached hydrogens (tertiary/aromatic N) is 2. The zero-order valence-corrected chi connectivity index (χ0v) is 14.8. The molecule has 0 amide bonds. The normalized spacial score (nSPS) is 10.9. The van der Waals surface area contributed by atoms with E-state index in [0.29, 0.717) is 17.0 Å². The van der Waals surface area contributed by atoms with E-state index < -0.39 is 10.0 Å². The average Bonchev–Trinajstić information content (AvgIpc) is 2.48. The van der Waals surface area contributed by atoms with E-state index in [1.165, 1.54) is 12.1 Å². The molecule has 0 saturated carbocycles. The summed E-state index contributed by atoms with van der Waals surface area (Å²) in [4.78, 5) is 8.36. The van der Waals surface area contributed by atoms with Crippen molar-refractivity contribution < 1.29 is 12.8 Å². The first kappa shape index (κ1) is 19.0. The Hall–Kier alpha value is -2.02. The SMILES string of the molecule is CC.CC(C)c1cc(-c2ccc(F)cc2)nc(NS(C)(=O)=O)n1. The lowest BCUT2D eigenvalue weighted by Crippen LogP contribution is -2.13. The molecule has 0 aliphatic carbocycles. The summed E-state index contributed by atoms with van der Waals surface area (Å²) in [5.74, 6) is -0.221. The quantitative estimate of drug-likeness (QED) is 0.919. The molecule has 126 valence electrons. The molecule has 0 unspecified atom stereocenters. The largest absolute Gasteiger partial charge is 0.251 e. The Morgan fingerprint density at radius 1 is 1.09 bits per heavy atom. The van der Waals surface area contributed by atoms with Gasteiger partial charge in [-0.2, -0.15) is 0 Å². The Balaban J connectivity index is 0.00000127. The van der Waals surface area contributed by atoms with Gasteiger partial charge in [0.25, 0.3) is 0 Å². The van der Waals surface area contributed by atoms with Crippen molar-refractivity contribution in [2.45, 2.75) is 33.6 Å². The Labute approximate surface area is 137 Å². The number of aromatic nitrogens is 2. The molecular formula is C16H22FN3O2S. The molecule has 2 rings (SSSR count). The summed E-state index contributed by atoms with van der Waals surface area (Å²) in [5, 5.41) is 0. The molecule has 0 fully saturated rings. The molecular weight excluding hydrogens is 317 g/mol. The minimum absolute atomic E-state index is 0.0167. The summed E-state index contributed by atoms with van der Waals surface area (Å²) < 4.78 is 37.9. The van der Waals surface area contributed by atoms with Crippen molar-refractivity contribution in [3.8, 4) is 11.3 Å². The molecule has 0 aliphatic heterocycles. The Kier molecular flexibility index (Phi) is 6.62. The van der Waals surface area contributed by atoms with Crippen molar-refractivity contribution in [2.24, 2.45) is 0 Å². The van der Waals surface area contributed by atoms with Crippen LogP contribution in [0.4, 0.5) is 10.3 Å². The van der Waals surface area contributed by atoms with Gasteiger partial charge in [0.15, 0.2) is 0 Å². The zero-order valence-electron chi connectivity index (χ0n) is 14.0. The molecule has 23 heavy (non-hydrogen) atoms. The summed E-state index contributed by atoms with van der Waals surface area (Å²) >= 11 is 0. The number of hydrogen-bond donors (Lipinski definition) is 1. The van der Waals surface area contributed by atoms with Crippen LogP contribution in [0.25, 0.3) is 11.3 Å². The average molecular weight is 339 g/mol. The van der Waals surface area contributed by atoms with Crippen LogP contribution < -0.4 is 4.72 Å². The second kappa shape index (κ2) is 8.01. The van der Waals surface area contributed by atoms with Crippen molar-refractivity contribution in [2.75, 3.05) is 11.0 Å². The highest BCUT2D eigenvalue weighted by atomic mass is 32.2. The van der Waals surface area contributed by atoms with Gasteiger partial charge in [-0.05, 0) is 36.2 Å². The van der Waals surface area contributed by atoms with E-state index in [9.17, 15) is 12.8 Å². The predicted molar refractivity (Wildman–Crippen MR) is 91.3 cm³/mol. The smallest absolute Gasteiger partial charge is 0.237 e. The van der Waals surface area contributed by atoms with Gasteiger partial charge in [-0.1, -0.05) is 27.7 Å². The molecule has 5 nitrogen and oxygen atoms in total. The fourth-order valence-corrected chi connectivity index (χ4v) is 2.16. The summed E-state index contributed by atoms with van der Waals surface area (Å²) in [6, 6.07) is 7.61. The fourth-order valence-electron chi connectivity index (χ4n) is 1.74. The van der Waals surface area contributed by atoms with Gasteiger partial charge in [-0.3, -0.25) is 4.72 Å². The van der Waals surface area contributed by atoms with Crippen molar-refractivity contribution >= 4 is 16.0 Å². The van der Waals surface area contributed by atoms with Gasteiger partial charge in [-0.25, -0.2) is 22.8 Å². The second-order valence-corrected chi connectivity index (χ2v) is 6.79. The number of rotatable bonds is 4. The monoisotopic (exact) mass is 339 g/mol. The van der Waals surface area contributed by atoms with Gasteiger partial charge >= 0.3 is 0 Å². The predicted octanol–water partition coefficient (Wildman–Crippen LogP) is 3.80. The van der Waals surface area contributed by atoms with E-state index in [4.69, 9.17) is 0 Å². The molecule has 0 bridgehead atoms. The van der Waals surface area contributed by atoms with Crippen LogP contribution in [0, 0.1) is 5.82 Å². The first-order chi connectivity index (χ1) is 10.7. The van der Waals surface area contributed by atoms with E-state index in [-0.39, 0.29) is 17.7 Å². The van der Waals surface area contributed by atoms with Crippen molar-refractivity contribution in [3.05, 3.63) is 41.8 Å². The highest BCUT2D eigenvalue weighted by molar-refractivity contribution is 7.91. The number of hydrogen-bond acceptors (Lipinski definition) is 4. The van der Waals surface area contributed by atoms with Gasteiger partial charge < -0.3 is 0 Å². The lowest BCUT2D eigenvalue weighted by atomic mass is 10.1. The molecule has 2 aromatic rings. The van der Waals surface area contributed by atoms with Crippen molar-refractivity contribution in [1.29, 1.82) is 0 Å². The molecule has 7 heteroatoms. The van der Waals surface area contributed by atoms with Crippen LogP contribution >= 0.6 is 0 Å². The number of benzene rings is 1. The summed E-state index contributed by atoms with van der Waals surface area (Å²) in [6.07, 6.45) is 1.04. The number of halogens is 1. The van der Waals surface area contributed by atoms with E-state index >= 15 is 0 Å². The van der Waals surface area contributed by atoms with Crippen LogP contribution in [-0.4, -0.2) is 24.6 Å². The maximum absolute atomic E-state index is 13.0. The maximum atomic E-state index is 13.0. The fraction of sp³-hybridized carbons (Fsp3) is 0.375. The molecule has 0 aliphatic rings. The third-order valence-electron chi connectivity index (χ3n) is 2.75. The highest BCUT2D eigenvalue weighted by Gasteiger charge is 2.12. The van der Waals surface area contributed by atoms with Crippen LogP contribution in [0.3, 0.4) is 0 Å². The highest BCUT2D eigenvalue weighted by Crippen LogP contribution is 2.23. The minimum Gasteiger partial charge on any atom is -0.251 e. The Morgan fingerprint density at radius 3 is 2.13 bits per heavy atom. The van der Waals surface area contributed by atoms with Crippen LogP contribution in [-0.2, 0) is 10.0 Å². The lowest BCUT2D eigenvalue weighted by molar-refractivity contribution is 0.606. The molecule has 0 atom stereocenters. The molecule has 0 radical (unpaired) electrons. The van der Waals surface area contributed by atoms with Gasteiger partial charge in [0, 0.05) is 11.3 Å². The lowest BCUT2D eigenvalue weighted by Gasteiger charge is -2.11. The molecule has 1 N–H and O–H groups in total. The van der Waals surface area contributed by atoms with Gasteiger partial charge in [0.2, 0.25) is 16.0 Å². The summed E-state index contributed by atoms with van der Waals surface area (Å²) in [6.45, 7) is 7.89. The number of anilines is 1. The minimum atomic E-state index is -3.46. The van der Waals surface area contributed by atoms with Crippen molar-refractivity contribution in [1.82, 2.24) is 9.97 Å². The van der Waals surface area contributed by atoms with Crippen LogP contribution in [0.1, 0.15) is 39.3 Å². The molecule has 1 aromatic heterocycles. The first-order valence-electron chi connectivity index (χ1n) is 7.37. The third-order valence-corrected chi connectivity index (χ3v) is 3.31. The molecule has 0 saturated heterocycles. The van der Waals surface area contributed by atoms with Crippen LogP contribution in [0.5, 0.6) is 0 Å². The van der Waals surface area contributed by atoms with Crippen molar-refractivity contribution in [3.63, 3.8) is 0 Å². The van der Waals surface area contributed by atoms with Crippen LogP contribution in [0.15, 0.2) is 30.3 Å². The van der Waals surface area contributed by atoms with Crippen LogP contribution in [0.2, 0.25) is 0 Å². The Morgan fingerprint density at radius 2 is 1.65 bits per heavy atom. The van der Waals surface area contributed by atoms with Gasteiger partial charge in [-0.15, -0.1) is 0 Å². The Bertz CT molecular complexity index is 744. The number of sulfonamides is 1. The molecule has 1 heterocycles. The first-order valence-corrected chi connectivity index (χ1v) is 9.26. The maximum Gasteiger partial charge on any atom is 0.237 e. The molecule has 0 spiro atoms. The third kappa shape index (κ3) is 5.94. The van der Waals surface area contributed by atoms with E-state index in [1.807, 2.05) is 27.7 Å². The number of nitrogens with one attached hydrogen (secondary N) is 1. The summed E-state index contributed by atoms with van der Waals surface area (Å²) in [5.41, 5.74) is 1.94. The van der Waals surface area contributed by atoms with E-state index in [1.54, 1.807) is 18.2 Å². The van der Waals surface area contributed by atoms with E-state index in [0.717, 1.165) is 6.26 Å². The molecule has 1 aromatic carbocycles. The standard InChI is InChI=1S/C14H16FN3O2S.C2H6/c1-9(2)12-8-13(10-4-6-11(15)7-5-10)17-14(16-12)18-21(3,19)20;1-2/h4-9H,1-3H3,(H,16,17,18);1-2H3. The van der Waals surface area contributed by atoms with Gasteiger partial charge in [0.05, 0.1) is 11.9 Å². The van der Waals surface area contributed by atoms with E-state index in [2.05, 4.69) is 14.7 Å². The zero-order chi connectivity index (χ0) is 17.6.